The van der Waals surface area contributed by atoms with Gasteiger partial charge in [0.15, 0.2) is 0 Å². The summed E-state index contributed by atoms with van der Waals surface area (Å²) in [6.07, 6.45) is -0.0565. The Balaban J connectivity index is 2.36. The molecule has 0 atom stereocenters. The number of unbranched alkanes of at least 4 members (excludes halogenated alkanes) is 1. The highest BCUT2D eigenvalue weighted by Gasteiger charge is 2.05. The summed E-state index contributed by atoms with van der Waals surface area (Å²) in [6.45, 7) is 3.87. The lowest BCUT2D eigenvalue weighted by Gasteiger charge is -2.05. The number of alkyl halides is 2. The Morgan fingerprint density at radius 1 is 1.20 bits per heavy atom. The highest BCUT2D eigenvalue weighted by molar-refractivity contribution is 5.23. The molecule has 0 amide bonds. The van der Waals surface area contributed by atoms with E-state index >= 15 is 0 Å². The van der Waals surface area contributed by atoms with Crippen molar-refractivity contribution < 1.29 is 8.78 Å². The number of benzene rings is 1. The van der Waals surface area contributed by atoms with Gasteiger partial charge in [0.25, 0.3) is 6.43 Å². The van der Waals surface area contributed by atoms with Gasteiger partial charge in [-0.3, -0.25) is 0 Å². The second-order valence-corrected chi connectivity index (χ2v) is 3.57. The molecule has 0 spiro atoms. The van der Waals surface area contributed by atoms with Crippen LogP contribution < -0.4 is 5.32 Å². The van der Waals surface area contributed by atoms with Gasteiger partial charge >= 0.3 is 0 Å². The fourth-order valence-electron chi connectivity index (χ4n) is 1.32. The normalized spacial score (nSPS) is 10.9. The Morgan fingerprint density at radius 3 is 2.40 bits per heavy atom. The van der Waals surface area contributed by atoms with Crippen molar-refractivity contribution in [2.75, 3.05) is 6.54 Å². The molecule has 0 aliphatic rings. The number of nitrogens with one attached hydrogen (secondary N) is 1. The van der Waals surface area contributed by atoms with Crippen molar-refractivity contribution in [1.29, 1.82) is 0 Å². The zero-order valence-electron chi connectivity index (χ0n) is 8.97. The monoisotopic (exact) mass is 213 g/mol. The van der Waals surface area contributed by atoms with Crippen molar-refractivity contribution in [1.82, 2.24) is 5.32 Å². The molecular weight excluding hydrogens is 196 g/mol. The summed E-state index contributed by atoms with van der Waals surface area (Å²) >= 11 is 0. The quantitative estimate of drug-likeness (QED) is 0.713. The summed E-state index contributed by atoms with van der Waals surface area (Å²) in [6, 6.07) is 6.48. The minimum absolute atomic E-state index is 0.0901. The van der Waals surface area contributed by atoms with E-state index < -0.39 is 6.43 Å². The maximum Gasteiger partial charge on any atom is 0.263 e. The van der Waals surface area contributed by atoms with Crippen LogP contribution in [0.4, 0.5) is 8.78 Å². The highest BCUT2D eigenvalue weighted by atomic mass is 19.3. The summed E-state index contributed by atoms with van der Waals surface area (Å²) < 4.78 is 24.5. The van der Waals surface area contributed by atoms with Crippen LogP contribution in [0.1, 0.15) is 37.3 Å². The van der Waals surface area contributed by atoms with E-state index in [9.17, 15) is 8.78 Å². The summed E-state index contributed by atoms with van der Waals surface area (Å²) in [7, 11) is 0. The standard InChI is InChI=1S/C12H17F2N/c1-2-3-8-15-9-10-4-6-11(7-5-10)12(13)14/h4-7,12,15H,2-3,8-9H2,1H3. The average molecular weight is 213 g/mol. The van der Waals surface area contributed by atoms with E-state index in [1.165, 1.54) is 12.1 Å². The van der Waals surface area contributed by atoms with Crippen LogP contribution in [-0.2, 0) is 6.54 Å². The molecule has 1 aromatic rings. The molecule has 0 fully saturated rings. The molecule has 1 nitrogen and oxygen atoms in total. The first-order valence-corrected chi connectivity index (χ1v) is 5.31. The molecule has 0 aromatic heterocycles. The molecule has 84 valence electrons. The summed E-state index contributed by atoms with van der Waals surface area (Å²) in [5.41, 5.74) is 1.14. The van der Waals surface area contributed by atoms with Crippen molar-refractivity contribution in [2.45, 2.75) is 32.7 Å². The predicted molar refractivity (Wildman–Crippen MR) is 58.0 cm³/mol. The molecule has 0 radical (unpaired) electrons. The van der Waals surface area contributed by atoms with Crippen LogP contribution in [-0.4, -0.2) is 6.54 Å². The zero-order valence-corrected chi connectivity index (χ0v) is 8.97. The smallest absolute Gasteiger partial charge is 0.263 e. The van der Waals surface area contributed by atoms with E-state index in [-0.39, 0.29) is 5.56 Å². The van der Waals surface area contributed by atoms with E-state index in [1.54, 1.807) is 12.1 Å². The van der Waals surface area contributed by atoms with Crippen LogP contribution >= 0.6 is 0 Å². The Bertz CT molecular complexity index is 269. The molecule has 0 saturated carbocycles. The number of hydrogen-bond acceptors (Lipinski definition) is 1. The van der Waals surface area contributed by atoms with E-state index in [0.29, 0.717) is 0 Å². The molecule has 1 aromatic carbocycles. The summed E-state index contributed by atoms with van der Waals surface area (Å²) in [4.78, 5) is 0. The first-order valence-electron chi connectivity index (χ1n) is 5.31. The number of rotatable bonds is 6. The van der Waals surface area contributed by atoms with Gasteiger partial charge in [-0.15, -0.1) is 0 Å². The molecule has 0 bridgehead atoms. The summed E-state index contributed by atoms with van der Waals surface area (Å²) in [5, 5.41) is 3.26. The third kappa shape index (κ3) is 4.38. The van der Waals surface area contributed by atoms with Gasteiger partial charge in [-0.1, -0.05) is 37.6 Å². The highest BCUT2D eigenvalue weighted by Crippen LogP contribution is 2.18. The van der Waals surface area contributed by atoms with Crippen LogP contribution in [0.15, 0.2) is 24.3 Å². The lowest BCUT2D eigenvalue weighted by molar-refractivity contribution is 0.151. The zero-order chi connectivity index (χ0) is 11.1. The first-order chi connectivity index (χ1) is 7.24. The van der Waals surface area contributed by atoms with Crippen LogP contribution in [0.3, 0.4) is 0 Å². The van der Waals surface area contributed by atoms with Gasteiger partial charge in [-0.05, 0) is 18.5 Å². The molecule has 0 heterocycles. The van der Waals surface area contributed by atoms with E-state index in [0.717, 1.165) is 31.5 Å². The molecule has 1 N–H and O–H groups in total. The molecule has 3 heteroatoms. The van der Waals surface area contributed by atoms with Gasteiger partial charge in [-0.25, -0.2) is 8.78 Å². The summed E-state index contributed by atoms with van der Waals surface area (Å²) in [5.74, 6) is 0. The van der Waals surface area contributed by atoms with Gasteiger partial charge in [0, 0.05) is 12.1 Å². The first kappa shape index (κ1) is 12.1. The fraction of sp³-hybridized carbons (Fsp3) is 0.500. The van der Waals surface area contributed by atoms with Crippen LogP contribution in [0, 0.1) is 0 Å². The Kier molecular flexibility index (Phi) is 5.26. The van der Waals surface area contributed by atoms with E-state index in [4.69, 9.17) is 0 Å². The largest absolute Gasteiger partial charge is 0.313 e. The van der Waals surface area contributed by atoms with Crippen molar-refractivity contribution in [3.8, 4) is 0 Å². The van der Waals surface area contributed by atoms with Crippen LogP contribution in [0.5, 0.6) is 0 Å². The Hall–Kier alpha value is -0.960. The lowest BCUT2D eigenvalue weighted by Crippen LogP contribution is -2.14. The number of hydrogen-bond donors (Lipinski definition) is 1. The van der Waals surface area contributed by atoms with Crippen LogP contribution in [0.25, 0.3) is 0 Å². The molecule has 0 saturated heterocycles. The van der Waals surface area contributed by atoms with Gasteiger partial charge in [0.05, 0.1) is 0 Å². The minimum atomic E-state index is -2.37. The molecular formula is C12H17F2N. The van der Waals surface area contributed by atoms with E-state index in [2.05, 4.69) is 12.2 Å². The number of halogens is 2. The minimum Gasteiger partial charge on any atom is -0.313 e. The van der Waals surface area contributed by atoms with Crippen molar-refractivity contribution in [2.24, 2.45) is 0 Å². The second kappa shape index (κ2) is 6.51. The molecule has 1 rings (SSSR count). The molecule has 15 heavy (non-hydrogen) atoms. The average Bonchev–Trinajstić information content (AvgIpc) is 2.25. The molecule has 0 unspecified atom stereocenters. The predicted octanol–water partition coefficient (Wildman–Crippen LogP) is 3.51. The fourth-order valence-corrected chi connectivity index (χ4v) is 1.32. The van der Waals surface area contributed by atoms with E-state index in [1.807, 2.05) is 0 Å². The topological polar surface area (TPSA) is 12.0 Å². The third-order valence-corrected chi connectivity index (χ3v) is 2.27. The van der Waals surface area contributed by atoms with Gasteiger partial charge in [0.1, 0.15) is 0 Å². The third-order valence-electron chi connectivity index (χ3n) is 2.27. The molecule has 0 aliphatic carbocycles. The Morgan fingerprint density at radius 2 is 1.87 bits per heavy atom. The van der Waals surface area contributed by atoms with Gasteiger partial charge in [0.2, 0.25) is 0 Å². The SMILES string of the molecule is CCCCNCc1ccc(C(F)F)cc1. The molecule has 0 aliphatic heterocycles. The van der Waals surface area contributed by atoms with Gasteiger partial charge < -0.3 is 5.32 Å². The van der Waals surface area contributed by atoms with Crippen LogP contribution in [0.2, 0.25) is 0 Å². The maximum atomic E-state index is 12.2. The van der Waals surface area contributed by atoms with Crippen molar-refractivity contribution >= 4 is 0 Å². The van der Waals surface area contributed by atoms with Crippen molar-refractivity contribution in [3.63, 3.8) is 0 Å². The van der Waals surface area contributed by atoms with Crippen molar-refractivity contribution in [3.05, 3.63) is 35.4 Å². The maximum absolute atomic E-state index is 12.2. The van der Waals surface area contributed by atoms with Gasteiger partial charge in [-0.2, -0.15) is 0 Å². The Labute approximate surface area is 89.5 Å². The second-order valence-electron chi connectivity index (χ2n) is 3.57. The lowest BCUT2D eigenvalue weighted by atomic mass is 10.1.